The smallest absolute Gasteiger partial charge is 0.257 e. The van der Waals surface area contributed by atoms with Crippen molar-refractivity contribution in [2.45, 2.75) is 71.1 Å². The number of aromatic nitrogens is 3. The van der Waals surface area contributed by atoms with Gasteiger partial charge in [0.25, 0.3) is 5.56 Å². The number of fused-ring (bicyclic) bond motifs is 1. The van der Waals surface area contributed by atoms with Gasteiger partial charge in [0.15, 0.2) is 12.4 Å². The van der Waals surface area contributed by atoms with Gasteiger partial charge < -0.3 is 10.5 Å². The number of pyridine rings is 1. The Morgan fingerprint density at radius 3 is 2.51 bits per heavy atom. The van der Waals surface area contributed by atoms with Gasteiger partial charge in [-0.25, -0.2) is 4.98 Å². The van der Waals surface area contributed by atoms with E-state index in [0.29, 0.717) is 13.1 Å². The molecule has 1 aliphatic carbocycles. The summed E-state index contributed by atoms with van der Waals surface area (Å²) in [5, 5.41) is 15.0. The molecule has 4 rings (SSSR count). The zero-order valence-corrected chi connectivity index (χ0v) is 21.3. The van der Waals surface area contributed by atoms with Crippen LogP contribution in [0.3, 0.4) is 0 Å². The summed E-state index contributed by atoms with van der Waals surface area (Å²) in [6.45, 7) is 8.44. The molecule has 3 aromatic rings. The molecular formula is C28H37N5O2. The van der Waals surface area contributed by atoms with Crippen LogP contribution in [0.15, 0.2) is 59.7 Å². The SMILES string of the molecule is CCC(c1nc2c(c(=O)n1Cc1ccccc1)CCC2)N(Cc1cc[n+]([O-])cc1)CC(C)(C)NC. The van der Waals surface area contributed by atoms with E-state index in [4.69, 9.17) is 4.98 Å². The molecule has 7 heteroatoms. The molecule has 2 heterocycles. The van der Waals surface area contributed by atoms with Gasteiger partial charge in [-0.05, 0) is 57.7 Å². The highest BCUT2D eigenvalue weighted by Crippen LogP contribution is 2.29. The lowest BCUT2D eigenvalue weighted by molar-refractivity contribution is -0.605. The molecule has 1 aliphatic rings. The second kappa shape index (κ2) is 10.7. The van der Waals surface area contributed by atoms with E-state index in [9.17, 15) is 10.0 Å². The van der Waals surface area contributed by atoms with Crippen molar-refractivity contribution in [1.82, 2.24) is 19.8 Å². The third-order valence-electron chi connectivity index (χ3n) is 7.06. The van der Waals surface area contributed by atoms with Crippen molar-refractivity contribution < 1.29 is 4.73 Å². The van der Waals surface area contributed by atoms with Crippen molar-refractivity contribution in [1.29, 1.82) is 0 Å². The monoisotopic (exact) mass is 475 g/mol. The van der Waals surface area contributed by atoms with Gasteiger partial charge in [-0.1, -0.05) is 37.3 Å². The maximum absolute atomic E-state index is 13.7. The summed E-state index contributed by atoms with van der Waals surface area (Å²) < 4.78 is 2.71. The molecule has 0 saturated carbocycles. The minimum atomic E-state index is -0.151. The highest BCUT2D eigenvalue weighted by atomic mass is 16.5. The average molecular weight is 476 g/mol. The van der Waals surface area contributed by atoms with Crippen molar-refractivity contribution in [3.05, 3.63) is 98.6 Å². The molecule has 0 amide bonds. The standard InChI is InChI=1S/C28H37N5O2/c1-5-25(31(20-28(2,3)29-4)18-22-14-16-32(35)17-15-22)26-30-24-13-9-12-23(24)27(34)33(26)19-21-10-7-6-8-11-21/h6-8,10-11,14-17,25,29H,5,9,12-13,18-20H2,1-4H3. The Bertz CT molecular complexity index is 1190. The van der Waals surface area contributed by atoms with Crippen molar-refractivity contribution in [3.63, 3.8) is 0 Å². The van der Waals surface area contributed by atoms with Gasteiger partial charge in [0.1, 0.15) is 5.82 Å². The van der Waals surface area contributed by atoms with Crippen molar-refractivity contribution in [3.8, 4) is 0 Å². The van der Waals surface area contributed by atoms with E-state index in [0.717, 1.165) is 65.2 Å². The second-order valence-electron chi connectivity index (χ2n) is 10.2. The quantitative estimate of drug-likeness (QED) is 0.359. The molecule has 0 aliphatic heterocycles. The van der Waals surface area contributed by atoms with Crippen LogP contribution in [0, 0.1) is 5.21 Å². The molecule has 35 heavy (non-hydrogen) atoms. The van der Waals surface area contributed by atoms with E-state index >= 15 is 0 Å². The Labute approximate surface area is 208 Å². The predicted molar refractivity (Wildman–Crippen MR) is 138 cm³/mol. The summed E-state index contributed by atoms with van der Waals surface area (Å²) >= 11 is 0. The van der Waals surface area contributed by atoms with Crippen LogP contribution in [-0.4, -0.2) is 33.6 Å². The molecule has 0 saturated heterocycles. The Morgan fingerprint density at radius 2 is 1.86 bits per heavy atom. The van der Waals surface area contributed by atoms with Crippen LogP contribution >= 0.6 is 0 Å². The summed E-state index contributed by atoms with van der Waals surface area (Å²) in [5.41, 5.74) is 3.94. The predicted octanol–water partition coefficient (Wildman–Crippen LogP) is 3.37. The molecule has 7 nitrogen and oxygen atoms in total. The zero-order chi connectivity index (χ0) is 25.0. The van der Waals surface area contributed by atoms with Gasteiger partial charge >= 0.3 is 0 Å². The fourth-order valence-electron chi connectivity index (χ4n) is 4.97. The highest BCUT2D eigenvalue weighted by Gasteiger charge is 2.31. The Kier molecular flexibility index (Phi) is 7.67. The number of nitrogens with one attached hydrogen (secondary N) is 1. The van der Waals surface area contributed by atoms with Gasteiger partial charge in [-0.2, -0.15) is 4.73 Å². The van der Waals surface area contributed by atoms with Crippen LogP contribution in [0.2, 0.25) is 0 Å². The number of hydrogen-bond acceptors (Lipinski definition) is 5. The topological polar surface area (TPSA) is 77.1 Å². The Balaban J connectivity index is 1.80. The molecule has 0 spiro atoms. The Hall–Kier alpha value is -3.03. The fraction of sp³-hybridized carbons (Fsp3) is 0.464. The summed E-state index contributed by atoms with van der Waals surface area (Å²) in [7, 11) is 1.97. The molecule has 1 aromatic carbocycles. The normalized spacial score (nSPS) is 14.3. The lowest BCUT2D eigenvalue weighted by Gasteiger charge is -2.38. The van der Waals surface area contributed by atoms with Crippen LogP contribution < -0.4 is 15.6 Å². The summed E-state index contributed by atoms with van der Waals surface area (Å²) in [4.78, 5) is 21.3. The molecule has 1 atom stereocenters. The largest absolute Gasteiger partial charge is 0.619 e. The van der Waals surface area contributed by atoms with Crippen molar-refractivity contribution in [2.75, 3.05) is 13.6 Å². The lowest BCUT2D eigenvalue weighted by Crippen LogP contribution is -2.49. The summed E-state index contributed by atoms with van der Waals surface area (Å²) in [5.74, 6) is 0.837. The van der Waals surface area contributed by atoms with E-state index < -0.39 is 0 Å². The van der Waals surface area contributed by atoms with Crippen LogP contribution in [0.25, 0.3) is 0 Å². The van der Waals surface area contributed by atoms with Crippen LogP contribution in [-0.2, 0) is 25.9 Å². The maximum atomic E-state index is 13.7. The zero-order valence-electron chi connectivity index (χ0n) is 21.3. The van der Waals surface area contributed by atoms with E-state index in [1.165, 1.54) is 12.4 Å². The van der Waals surface area contributed by atoms with Gasteiger partial charge in [-0.3, -0.25) is 14.3 Å². The number of rotatable bonds is 10. The van der Waals surface area contributed by atoms with Crippen LogP contribution in [0.4, 0.5) is 0 Å². The molecule has 0 radical (unpaired) electrons. The van der Waals surface area contributed by atoms with E-state index in [1.807, 2.05) is 41.9 Å². The summed E-state index contributed by atoms with van der Waals surface area (Å²) in [6, 6.07) is 13.8. The maximum Gasteiger partial charge on any atom is 0.257 e. The van der Waals surface area contributed by atoms with Crippen LogP contribution in [0.1, 0.15) is 67.9 Å². The number of aryl methyl sites for hydroxylation is 1. The molecule has 0 fully saturated rings. The van der Waals surface area contributed by atoms with Crippen molar-refractivity contribution in [2.24, 2.45) is 0 Å². The minimum Gasteiger partial charge on any atom is -0.619 e. The molecular weight excluding hydrogens is 438 g/mol. The first-order valence-electron chi connectivity index (χ1n) is 12.6. The highest BCUT2D eigenvalue weighted by molar-refractivity contribution is 5.26. The average Bonchev–Trinajstić information content (AvgIpc) is 3.33. The van der Waals surface area contributed by atoms with Crippen LogP contribution in [0.5, 0.6) is 0 Å². The third-order valence-corrected chi connectivity index (χ3v) is 7.06. The molecule has 1 unspecified atom stereocenters. The second-order valence-corrected chi connectivity index (χ2v) is 10.2. The molecule has 1 N–H and O–H groups in total. The summed E-state index contributed by atoms with van der Waals surface area (Å²) in [6.07, 6.45) is 6.55. The number of hydrogen-bond donors (Lipinski definition) is 1. The number of nitrogens with zero attached hydrogens (tertiary/aromatic N) is 4. The first-order valence-corrected chi connectivity index (χ1v) is 12.6. The van der Waals surface area contributed by atoms with Gasteiger partial charge in [0.2, 0.25) is 0 Å². The first-order chi connectivity index (χ1) is 16.8. The van der Waals surface area contributed by atoms with E-state index in [2.05, 4.69) is 43.1 Å². The Morgan fingerprint density at radius 1 is 1.14 bits per heavy atom. The lowest BCUT2D eigenvalue weighted by atomic mass is 10.0. The first kappa shape index (κ1) is 25.1. The van der Waals surface area contributed by atoms with E-state index in [-0.39, 0.29) is 17.1 Å². The molecule has 186 valence electrons. The van der Waals surface area contributed by atoms with Gasteiger partial charge in [0.05, 0.1) is 18.3 Å². The number of benzene rings is 1. The third kappa shape index (κ3) is 5.80. The number of likely N-dealkylation sites (N-methyl/N-ethyl adjacent to an activating group) is 1. The van der Waals surface area contributed by atoms with E-state index in [1.54, 1.807) is 0 Å². The van der Waals surface area contributed by atoms with Crippen molar-refractivity contribution >= 4 is 0 Å². The van der Waals surface area contributed by atoms with Gasteiger partial charge in [-0.15, -0.1) is 0 Å². The molecule has 0 bridgehead atoms. The minimum absolute atomic E-state index is 0.0514. The van der Waals surface area contributed by atoms with Gasteiger partial charge in [0, 0.05) is 36.3 Å². The molecule has 2 aromatic heterocycles. The fourth-order valence-corrected chi connectivity index (χ4v) is 4.97.